The molecule has 0 atom stereocenters. The Balaban J connectivity index is 1.77. The van der Waals surface area contributed by atoms with Gasteiger partial charge in [-0.1, -0.05) is 42.5 Å². The number of hydrazone groups is 1. The number of nitrogens with one attached hydrogen (secondary N) is 1. The van der Waals surface area contributed by atoms with E-state index in [1.54, 1.807) is 6.92 Å². The Labute approximate surface area is 175 Å². The minimum absolute atomic E-state index is 0.0580. The van der Waals surface area contributed by atoms with Crippen LogP contribution in [0.5, 0.6) is 0 Å². The predicted octanol–water partition coefficient (Wildman–Crippen LogP) is 4.24. The Hall–Kier alpha value is -3.67. The molecule has 0 fully saturated rings. The highest BCUT2D eigenvalue weighted by Gasteiger charge is 2.21. The first-order valence-electron chi connectivity index (χ1n) is 9.99. The quantitative estimate of drug-likeness (QED) is 0.650. The van der Waals surface area contributed by atoms with E-state index in [9.17, 15) is 9.59 Å². The SMILES string of the molecule is CCOC(=O)c1cc(-c2ccccc2)n(-c2ccc(C3=NNC(=O)CC3)cc2)c1C. The molecule has 4 rings (SSSR count). The lowest BCUT2D eigenvalue weighted by Gasteiger charge is -2.15. The number of nitrogens with zero attached hydrogens (tertiary/aromatic N) is 2. The summed E-state index contributed by atoms with van der Waals surface area (Å²) < 4.78 is 7.32. The predicted molar refractivity (Wildman–Crippen MR) is 116 cm³/mol. The molecule has 1 aromatic heterocycles. The van der Waals surface area contributed by atoms with Crippen molar-refractivity contribution in [2.75, 3.05) is 6.61 Å². The van der Waals surface area contributed by atoms with Crippen LogP contribution in [0.4, 0.5) is 0 Å². The van der Waals surface area contributed by atoms with Crippen LogP contribution in [-0.4, -0.2) is 28.8 Å². The maximum Gasteiger partial charge on any atom is 0.339 e. The molecule has 0 bridgehead atoms. The number of rotatable bonds is 5. The first-order chi connectivity index (χ1) is 14.6. The maximum atomic E-state index is 12.5. The first kappa shape index (κ1) is 19.6. The van der Waals surface area contributed by atoms with Gasteiger partial charge in [-0.25, -0.2) is 10.2 Å². The van der Waals surface area contributed by atoms with Crippen LogP contribution < -0.4 is 5.43 Å². The van der Waals surface area contributed by atoms with Gasteiger partial charge >= 0.3 is 5.97 Å². The lowest BCUT2D eigenvalue weighted by Crippen LogP contribution is -2.25. The molecule has 1 aliphatic rings. The summed E-state index contributed by atoms with van der Waals surface area (Å²) in [4.78, 5) is 23.8. The second-order valence-electron chi connectivity index (χ2n) is 7.09. The van der Waals surface area contributed by atoms with Crippen LogP contribution in [0.1, 0.15) is 41.4 Å². The Morgan fingerprint density at radius 2 is 1.80 bits per heavy atom. The number of aromatic nitrogens is 1. The van der Waals surface area contributed by atoms with Crippen LogP contribution >= 0.6 is 0 Å². The van der Waals surface area contributed by atoms with Crippen LogP contribution in [0.2, 0.25) is 0 Å². The fourth-order valence-electron chi connectivity index (χ4n) is 3.66. The molecule has 30 heavy (non-hydrogen) atoms. The number of hydrogen-bond donors (Lipinski definition) is 1. The average Bonchev–Trinajstić information content (AvgIpc) is 3.12. The largest absolute Gasteiger partial charge is 0.462 e. The molecule has 3 aromatic rings. The van der Waals surface area contributed by atoms with Crippen molar-refractivity contribution in [3.63, 3.8) is 0 Å². The summed E-state index contributed by atoms with van der Waals surface area (Å²) in [6.45, 7) is 4.06. The second-order valence-corrected chi connectivity index (χ2v) is 7.09. The number of carbonyl (C=O) groups is 2. The number of hydrogen-bond acceptors (Lipinski definition) is 4. The Bertz CT molecular complexity index is 1110. The van der Waals surface area contributed by atoms with Crippen molar-refractivity contribution in [3.8, 4) is 16.9 Å². The van der Waals surface area contributed by atoms with E-state index in [1.165, 1.54) is 0 Å². The number of amides is 1. The third kappa shape index (κ3) is 3.76. The molecule has 0 radical (unpaired) electrons. The van der Waals surface area contributed by atoms with E-state index in [0.29, 0.717) is 25.0 Å². The van der Waals surface area contributed by atoms with Gasteiger partial charge in [-0.3, -0.25) is 4.79 Å². The van der Waals surface area contributed by atoms with Crippen molar-refractivity contribution < 1.29 is 14.3 Å². The van der Waals surface area contributed by atoms with E-state index in [-0.39, 0.29) is 11.9 Å². The molecule has 0 spiro atoms. The lowest BCUT2D eigenvalue weighted by atomic mass is 10.0. The van der Waals surface area contributed by atoms with Crippen LogP contribution in [0.15, 0.2) is 65.8 Å². The van der Waals surface area contributed by atoms with Crippen LogP contribution in [-0.2, 0) is 9.53 Å². The number of benzene rings is 2. The summed E-state index contributed by atoms with van der Waals surface area (Å²) in [6, 6.07) is 19.8. The van der Waals surface area contributed by atoms with Crippen LogP contribution in [0.25, 0.3) is 16.9 Å². The Morgan fingerprint density at radius 3 is 2.43 bits per heavy atom. The standard InChI is InChI=1S/C24H23N3O3/c1-3-30-24(29)20-15-22(18-7-5-4-6-8-18)27(16(20)2)19-11-9-17(10-12-19)21-13-14-23(28)26-25-21/h4-12,15H,3,13-14H2,1-2H3,(H,26,28). The van der Waals surface area contributed by atoms with Crippen molar-refractivity contribution in [2.24, 2.45) is 5.10 Å². The van der Waals surface area contributed by atoms with E-state index in [4.69, 9.17) is 4.74 Å². The molecule has 0 aliphatic carbocycles. The van der Waals surface area contributed by atoms with Crippen molar-refractivity contribution in [2.45, 2.75) is 26.7 Å². The number of carbonyl (C=O) groups excluding carboxylic acids is 2. The molecule has 2 heterocycles. The summed E-state index contributed by atoms with van der Waals surface area (Å²) >= 11 is 0. The normalized spacial score (nSPS) is 13.5. The molecule has 0 saturated heterocycles. The summed E-state index contributed by atoms with van der Waals surface area (Å²) in [5, 5.41) is 4.16. The van der Waals surface area contributed by atoms with E-state index in [0.717, 1.165) is 33.9 Å². The molecule has 0 unspecified atom stereocenters. The molecule has 6 heteroatoms. The highest BCUT2D eigenvalue weighted by Crippen LogP contribution is 2.30. The van der Waals surface area contributed by atoms with E-state index in [2.05, 4.69) is 15.1 Å². The molecular formula is C24H23N3O3. The second kappa shape index (κ2) is 8.37. The molecule has 152 valence electrons. The van der Waals surface area contributed by atoms with Gasteiger partial charge in [0.05, 0.1) is 23.6 Å². The van der Waals surface area contributed by atoms with Crippen molar-refractivity contribution in [1.82, 2.24) is 9.99 Å². The zero-order chi connectivity index (χ0) is 21.1. The van der Waals surface area contributed by atoms with Gasteiger partial charge in [0.1, 0.15) is 0 Å². The van der Waals surface area contributed by atoms with E-state index in [1.807, 2.05) is 67.6 Å². The Morgan fingerprint density at radius 1 is 1.07 bits per heavy atom. The third-order valence-electron chi connectivity index (χ3n) is 5.18. The molecule has 6 nitrogen and oxygen atoms in total. The molecule has 1 amide bonds. The van der Waals surface area contributed by atoms with Gasteiger partial charge in [-0.15, -0.1) is 0 Å². The first-order valence-corrected chi connectivity index (χ1v) is 9.99. The van der Waals surface area contributed by atoms with Crippen molar-refractivity contribution in [3.05, 3.63) is 77.5 Å². The van der Waals surface area contributed by atoms with Gasteiger partial charge in [-0.2, -0.15) is 5.10 Å². The fourth-order valence-corrected chi connectivity index (χ4v) is 3.66. The maximum absolute atomic E-state index is 12.5. The topological polar surface area (TPSA) is 72.7 Å². The summed E-state index contributed by atoms with van der Waals surface area (Å²) in [5.74, 6) is -0.382. The highest BCUT2D eigenvalue weighted by molar-refractivity contribution is 6.04. The summed E-state index contributed by atoms with van der Waals surface area (Å²) in [6.07, 6.45) is 1.06. The van der Waals surface area contributed by atoms with Gasteiger partial charge in [0.2, 0.25) is 5.91 Å². The summed E-state index contributed by atoms with van der Waals surface area (Å²) in [5.41, 5.74) is 8.62. The number of ether oxygens (including phenoxy) is 1. The van der Waals surface area contributed by atoms with Crippen molar-refractivity contribution >= 4 is 17.6 Å². The molecule has 2 aromatic carbocycles. The van der Waals surface area contributed by atoms with Gasteiger partial charge < -0.3 is 9.30 Å². The van der Waals surface area contributed by atoms with Crippen LogP contribution in [0, 0.1) is 6.92 Å². The van der Waals surface area contributed by atoms with Gasteiger partial charge in [0.25, 0.3) is 0 Å². The lowest BCUT2D eigenvalue weighted by molar-refractivity contribution is -0.121. The minimum atomic E-state index is -0.324. The zero-order valence-corrected chi connectivity index (χ0v) is 17.0. The fraction of sp³-hybridized carbons (Fsp3) is 0.208. The molecule has 1 aliphatic heterocycles. The smallest absolute Gasteiger partial charge is 0.339 e. The van der Waals surface area contributed by atoms with Gasteiger partial charge in [0.15, 0.2) is 0 Å². The van der Waals surface area contributed by atoms with Gasteiger partial charge in [0, 0.05) is 24.2 Å². The summed E-state index contributed by atoms with van der Waals surface area (Å²) in [7, 11) is 0. The monoisotopic (exact) mass is 401 g/mol. The van der Waals surface area contributed by atoms with Gasteiger partial charge in [-0.05, 0) is 43.2 Å². The molecule has 0 saturated carbocycles. The van der Waals surface area contributed by atoms with E-state index < -0.39 is 0 Å². The highest BCUT2D eigenvalue weighted by atomic mass is 16.5. The number of esters is 1. The zero-order valence-electron chi connectivity index (χ0n) is 17.0. The average molecular weight is 401 g/mol. The van der Waals surface area contributed by atoms with E-state index >= 15 is 0 Å². The molecular weight excluding hydrogens is 378 g/mol. The Kier molecular flexibility index (Phi) is 5.48. The molecule has 1 N–H and O–H groups in total. The van der Waals surface area contributed by atoms with Crippen molar-refractivity contribution in [1.29, 1.82) is 0 Å². The third-order valence-corrected chi connectivity index (χ3v) is 5.18. The van der Waals surface area contributed by atoms with Crippen LogP contribution in [0.3, 0.4) is 0 Å². The minimum Gasteiger partial charge on any atom is -0.462 e.